The molecule has 0 aliphatic carbocycles. The summed E-state index contributed by atoms with van der Waals surface area (Å²) in [6, 6.07) is 6.36. The van der Waals surface area contributed by atoms with E-state index in [-0.39, 0.29) is 11.9 Å². The largest absolute Gasteiger partial charge is 0.319 e. The molecule has 2 aromatic rings. The van der Waals surface area contributed by atoms with Crippen molar-refractivity contribution in [3.05, 3.63) is 62.0 Å². The molecular weight excluding hydrogens is 363 g/mol. The fourth-order valence-corrected chi connectivity index (χ4v) is 2.91. The maximum absolute atomic E-state index is 13.2. The van der Waals surface area contributed by atoms with Gasteiger partial charge in [0, 0.05) is 15.1 Å². The fraction of sp³-hybridized carbons (Fsp3) is 0.154. The number of rotatable bonds is 2. The lowest BCUT2D eigenvalue weighted by Gasteiger charge is -2.14. The van der Waals surface area contributed by atoms with Gasteiger partial charge in [0.05, 0.1) is 11.7 Å². The third kappa shape index (κ3) is 2.79. The monoisotopic (exact) mass is 372 g/mol. The van der Waals surface area contributed by atoms with Crippen molar-refractivity contribution < 1.29 is 4.39 Å². The first-order valence-electron chi connectivity index (χ1n) is 5.31. The van der Waals surface area contributed by atoms with Crippen LogP contribution in [0.1, 0.15) is 22.9 Å². The number of halogens is 3. The van der Waals surface area contributed by atoms with E-state index in [1.165, 1.54) is 6.07 Å². The Morgan fingerprint density at radius 2 is 2.00 bits per heavy atom. The van der Waals surface area contributed by atoms with Gasteiger partial charge in [0.1, 0.15) is 5.82 Å². The highest BCUT2D eigenvalue weighted by Gasteiger charge is 2.15. The van der Waals surface area contributed by atoms with Crippen molar-refractivity contribution in [2.24, 2.45) is 5.73 Å². The third-order valence-corrected chi connectivity index (χ3v) is 3.74. The SMILES string of the molecule is Cc1cc(C(N)c2ncc(Br)cc2Br)ccc1F. The summed E-state index contributed by atoms with van der Waals surface area (Å²) in [5, 5.41) is 0. The summed E-state index contributed by atoms with van der Waals surface area (Å²) in [5.74, 6) is -0.228. The van der Waals surface area contributed by atoms with Crippen LogP contribution < -0.4 is 5.73 Å². The predicted octanol–water partition coefficient (Wildman–Crippen LogP) is 4.10. The standard InChI is InChI=1S/C13H11Br2FN2/c1-7-4-8(2-3-11(7)16)12(17)13-10(15)5-9(14)6-18-13/h2-6,12H,17H2,1H3. The maximum Gasteiger partial charge on any atom is 0.126 e. The first-order valence-corrected chi connectivity index (χ1v) is 6.90. The first-order chi connectivity index (χ1) is 8.49. The lowest BCUT2D eigenvalue weighted by molar-refractivity contribution is 0.616. The molecule has 2 rings (SSSR count). The molecule has 2 nitrogen and oxygen atoms in total. The van der Waals surface area contributed by atoms with Gasteiger partial charge >= 0.3 is 0 Å². The molecule has 0 radical (unpaired) electrons. The molecule has 0 saturated heterocycles. The van der Waals surface area contributed by atoms with Gasteiger partial charge in [-0.15, -0.1) is 0 Å². The van der Waals surface area contributed by atoms with Gasteiger partial charge in [0.25, 0.3) is 0 Å². The van der Waals surface area contributed by atoms with Gasteiger partial charge < -0.3 is 5.73 Å². The molecule has 1 aromatic heterocycles. The minimum atomic E-state index is -0.383. The highest BCUT2D eigenvalue weighted by atomic mass is 79.9. The number of nitrogens with zero attached hydrogens (tertiary/aromatic N) is 1. The van der Waals surface area contributed by atoms with Gasteiger partial charge in [-0.1, -0.05) is 12.1 Å². The number of hydrogen-bond acceptors (Lipinski definition) is 2. The predicted molar refractivity (Wildman–Crippen MR) is 76.8 cm³/mol. The second-order valence-corrected chi connectivity index (χ2v) is 5.78. The highest BCUT2D eigenvalue weighted by Crippen LogP contribution is 2.27. The van der Waals surface area contributed by atoms with E-state index in [0.29, 0.717) is 5.56 Å². The molecule has 18 heavy (non-hydrogen) atoms. The molecule has 0 spiro atoms. The molecule has 1 aromatic carbocycles. The number of aromatic nitrogens is 1. The quantitative estimate of drug-likeness (QED) is 0.860. The first kappa shape index (κ1) is 13.6. The topological polar surface area (TPSA) is 38.9 Å². The summed E-state index contributed by atoms with van der Waals surface area (Å²) in [7, 11) is 0. The second kappa shape index (κ2) is 5.47. The molecule has 0 bridgehead atoms. The van der Waals surface area contributed by atoms with Gasteiger partial charge in [0.15, 0.2) is 0 Å². The van der Waals surface area contributed by atoms with Gasteiger partial charge in [-0.3, -0.25) is 4.98 Å². The van der Waals surface area contributed by atoms with Gasteiger partial charge in [0.2, 0.25) is 0 Å². The third-order valence-electron chi connectivity index (χ3n) is 2.67. The smallest absolute Gasteiger partial charge is 0.126 e. The van der Waals surface area contributed by atoms with Crippen LogP contribution in [0.4, 0.5) is 4.39 Å². The van der Waals surface area contributed by atoms with Crippen LogP contribution in [0.25, 0.3) is 0 Å². The molecule has 0 saturated carbocycles. The number of aryl methyl sites for hydroxylation is 1. The van der Waals surface area contributed by atoms with Crippen molar-refractivity contribution in [2.75, 3.05) is 0 Å². The van der Waals surface area contributed by atoms with E-state index < -0.39 is 0 Å². The Kier molecular flexibility index (Phi) is 4.14. The van der Waals surface area contributed by atoms with Crippen molar-refractivity contribution in [2.45, 2.75) is 13.0 Å². The highest BCUT2D eigenvalue weighted by molar-refractivity contribution is 9.11. The molecule has 1 unspecified atom stereocenters. The molecule has 0 fully saturated rings. The van der Waals surface area contributed by atoms with Crippen LogP contribution in [0.15, 0.2) is 39.4 Å². The second-order valence-electron chi connectivity index (χ2n) is 4.01. The molecule has 94 valence electrons. The summed E-state index contributed by atoms with van der Waals surface area (Å²) in [5.41, 5.74) is 8.30. The van der Waals surface area contributed by atoms with Crippen LogP contribution in [0.2, 0.25) is 0 Å². The van der Waals surface area contributed by atoms with E-state index in [9.17, 15) is 4.39 Å². The van der Waals surface area contributed by atoms with Crippen molar-refractivity contribution >= 4 is 31.9 Å². The maximum atomic E-state index is 13.2. The van der Waals surface area contributed by atoms with E-state index in [2.05, 4.69) is 36.8 Å². The lowest BCUT2D eigenvalue weighted by Crippen LogP contribution is -2.14. The lowest BCUT2D eigenvalue weighted by atomic mass is 10.0. The van der Waals surface area contributed by atoms with E-state index in [1.807, 2.05) is 6.07 Å². The molecule has 5 heteroatoms. The number of nitrogens with two attached hydrogens (primary N) is 1. The Morgan fingerprint density at radius 1 is 1.28 bits per heavy atom. The Hall–Kier alpha value is -0.780. The summed E-state index contributed by atoms with van der Waals surface area (Å²) < 4.78 is 14.9. The minimum absolute atomic E-state index is 0.228. The van der Waals surface area contributed by atoms with Crippen molar-refractivity contribution in [1.29, 1.82) is 0 Å². The summed E-state index contributed by atoms with van der Waals surface area (Å²) in [6.07, 6.45) is 1.69. The Balaban J connectivity index is 2.41. The Labute approximate surface area is 122 Å². The molecule has 0 aliphatic rings. The van der Waals surface area contributed by atoms with Gasteiger partial charge in [-0.2, -0.15) is 0 Å². The van der Waals surface area contributed by atoms with Crippen molar-refractivity contribution in [3.63, 3.8) is 0 Å². The fourth-order valence-electron chi connectivity index (χ4n) is 1.67. The van der Waals surface area contributed by atoms with Crippen LogP contribution in [-0.4, -0.2) is 4.98 Å². The van der Waals surface area contributed by atoms with Crippen LogP contribution >= 0.6 is 31.9 Å². The van der Waals surface area contributed by atoms with E-state index >= 15 is 0 Å². The number of pyridine rings is 1. The van der Waals surface area contributed by atoms with E-state index in [4.69, 9.17) is 5.73 Å². The zero-order chi connectivity index (χ0) is 13.3. The average molecular weight is 374 g/mol. The zero-order valence-electron chi connectivity index (χ0n) is 9.62. The molecule has 0 aliphatic heterocycles. The van der Waals surface area contributed by atoms with E-state index in [1.54, 1.807) is 25.3 Å². The van der Waals surface area contributed by atoms with Crippen LogP contribution in [0.5, 0.6) is 0 Å². The summed E-state index contributed by atoms with van der Waals surface area (Å²) in [4.78, 5) is 4.29. The zero-order valence-corrected chi connectivity index (χ0v) is 12.8. The summed E-state index contributed by atoms with van der Waals surface area (Å²) >= 11 is 6.77. The Bertz CT molecular complexity index is 587. The van der Waals surface area contributed by atoms with Crippen molar-refractivity contribution in [1.82, 2.24) is 4.98 Å². The molecular formula is C13H11Br2FN2. The number of hydrogen-bond donors (Lipinski definition) is 1. The average Bonchev–Trinajstić information content (AvgIpc) is 2.32. The van der Waals surface area contributed by atoms with Gasteiger partial charge in [-0.25, -0.2) is 4.39 Å². The normalized spacial score (nSPS) is 12.5. The van der Waals surface area contributed by atoms with Crippen LogP contribution in [0.3, 0.4) is 0 Å². The van der Waals surface area contributed by atoms with Crippen LogP contribution in [-0.2, 0) is 0 Å². The minimum Gasteiger partial charge on any atom is -0.319 e. The van der Waals surface area contributed by atoms with E-state index in [0.717, 1.165) is 20.2 Å². The molecule has 2 N–H and O–H groups in total. The van der Waals surface area contributed by atoms with Crippen LogP contribution in [0, 0.1) is 12.7 Å². The van der Waals surface area contributed by atoms with Crippen molar-refractivity contribution in [3.8, 4) is 0 Å². The summed E-state index contributed by atoms with van der Waals surface area (Å²) in [6.45, 7) is 1.72. The van der Waals surface area contributed by atoms with Gasteiger partial charge in [-0.05, 0) is 62.0 Å². The molecule has 1 heterocycles. The molecule has 1 atom stereocenters. The molecule has 0 amide bonds. The Morgan fingerprint density at radius 3 is 2.61 bits per heavy atom. The number of benzene rings is 1.